The van der Waals surface area contributed by atoms with Gasteiger partial charge in [-0.2, -0.15) is 9.97 Å². The summed E-state index contributed by atoms with van der Waals surface area (Å²) in [6.07, 6.45) is 5.72. The molecule has 1 aromatic carbocycles. The monoisotopic (exact) mass is 442 g/mol. The summed E-state index contributed by atoms with van der Waals surface area (Å²) in [5.74, 6) is 2.01. The first-order valence-corrected chi connectivity index (χ1v) is 11.6. The van der Waals surface area contributed by atoms with E-state index in [-0.39, 0.29) is 6.04 Å². The standard InChI is InChI=1S/C25H30N8/c1-18(2)33-17-27-22-23(30-25(31-24(22)33)29-21-10-6-7-13-26-21)28-20-11-14-32(15-12-20)16-19-8-4-3-5-9-19/h3-10,13,17-18,20H,11-12,14-16H2,1-2H3,(H2,26,28,29,30,31). The molecule has 0 amide bonds. The highest BCUT2D eigenvalue weighted by atomic mass is 15.2. The Kier molecular flexibility index (Phi) is 6.17. The van der Waals surface area contributed by atoms with Crippen LogP contribution in [0.3, 0.4) is 0 Å². The Balaban J connectivity index is 1.34. The highest BCUT2D eigenvalue weighted by Crippen LogP contribution is 2.26. The van der Waals surface area contributed by atoms with Crippen molar-refractivity contribution in [3.63, 3.8) is 0 Å². The van der Waals surface area contributed by atoms with Gasteiger partial charge >= 0.3 is 0 Å². The summed E-state index contributed by atoms with van der Waals surface area (Å²) < 4.78 is 2.08. The molecule has 1 aliphatic heterocycles. The zero-order valence-corrected chi connectivity index (χ0v) is 19.1. The lowest BCUT2D eigenvalue weighted by molar-refractivity contribution is 0.211. The minimum atomic E-state index is 0.252. The average Bonchev–Trinajstić information content (AvgIpc) is 3.26. The third-order valence-electron chi connectivity index (χ3n) is 6.06. The van der Waals surface area contributed by atoms with Crippen LogP contribution < -0.4 is 10.6 Å². The topological polar surface area (TPSA) is 83.8 Å². The van der Waals surface area contributed by atoms with E-state index in [4.69, 9.17) is 9.97 Å². The smallest absolute Gasteiger partial charge is 0.232 e. The number of rotatable bonds is 7. The van der Waals surface area contributed by atoms with Gasteiger partial charge in [0.15, 0.2) is 17.0 Å². The van der Waals surface area contributed by atoms with Crippen molar-refractivity contribution >= 4 is 28.7 Å². The lowest BCUT2D eigenvalue weighted by Gasteiger charge is -2.32. The van der Waals surface area contributed by atoms with E-state index in [2.05, 4.69) is 74.2 Å². The van der Waals surface area contributed by atoms with Crippen LogP contribution in [0.5, 0.6) is 0 Å². The van der Waals surface area contributed by atoms with E-state index >= 15 is 0 Å². The SMILES string of the molecule is CC(C)n1cnc2c(NC3CCN(Cc4ccccc4)CC3)nc(Nc3ccccn3)nc21. The van der Waals surface area contributed by atoms with E-state index in [1.165, 1.54) is 5.56 Å². The molecule has 0 atom stereocenters. The van der Waals surface area contributed by atoms with Crippen molar-refractivity contribution < 1.29 is 0 Å². The van der Waals surface area contributed by atoms with E-state index in [1.807, 2.05) is 24.5 Å². The molecule has 0 saturated carbocycles. The Labute approximate surface area is 194 Å². The van der Waals surface area contributed by atoms with Crippen molar-refractivity contribution in [1.29, 1.82) is 0 Å². The van der Waals surface area contributed by atoms with Gasteiger partial charge in [-0.25, -0.2) is 9.97 Å². The van der Waals surface area contributed by atoms with Gasteiger partial charge in [0.1, 0.15) is 5.82 Å². The Morgan fingerprint density at radius 3 is 2.48 bits per heavy atom. The summed E-state index contributed by atoms with van der Waals surface area (Å²) >= 11 is 0. The number of likely N-dealkylation sites (tertiary alicyclic amines) is 1. The van der Waals surface area contributed by atoms with E-state index in [0.29, 0.717) is 17.8 Å². The molecule has 0 spiro atoms. The Morgan fingerprint density at radius 2 is 1.76 bits per heavy atom. The number of fused-ring (bicyclic) bond motifs is 1. The normalized spacial score (nSPS) is 15.2. The van der Waals surface area contributed by atoms with Crippen LogP contribution in [0.2, 0.25) is 0 Å². The number of pyridine rings is 1. The summed E-state index contributed by atoms with van der Waals surface area (Å²) in [5.41, 5.74) is 3.00. The van der Waals surface area contributed by atoms with Crippen LogP contribution >= 0.6 is 0 Å². The zero-order chi connectivity index (χ0) is 22.6. The highest BCUT2D eigenvalue weighted by molar-refractivity contribution is 5.85. The number of hydrogen-bond acceptors (Lipinski definition) is 7. The molecule has 170 valence electrons. The minimum absolute atomic E-state index is 0.252. The maximum absolute atomic E-state index is 4.79. The number of nitrogens with zero attached hydrogens (tertiary/aromatic N) is 6. The summed E-state index contributed by atoms with van der Waals surface area (Å²) in [4.78, 5) is 21.1. The lowest BCUT2D eigenvalue weighted by Crippen LogP contribution is -2.38. The highest BCUT2D eigenvalue weighted by Gasteiger charge is 2.22. The van der Waals surface area contributed by atoms with Crippen molar-refractivity contribution in [2.45, 2.75) is 45.3 Å². The number of imidazole rings is 1. The average molecular weight is 443 g/mol. The number of piperidine rings is 1. The second kappa shape index (κ2) is 9.54. The molecule has 1 fully saturated rings. The van der Waals surface area contributed by atoms with Crippen molar-refractivity contribution in [2.24, 2.45) is 0 Å². The fourth-order valence-corrected chi connectivity index (χ4v) is 4.27. The van der Waals surface area contributed by atoms with Gasteiger partial charge in [0.05, 0.1) is 6.33 Å². The van der Waals surface area contributed by atoms with Gasteiger partial charge in [-0.15, -0.1) is 0 Å². The summed E-state index contributed by atoms with van der Waals surface area (Å²) in [6, 6.07) is 17.0. The maximum atomic E-state index is 4.79. The van der Waals surface area contributed by atoms with Crippen LogP contribution in [0.4, 0.5) is 17.6 Å². The zero-order valence-electron chi connectivity index (χ0n) is 19.1. The van der Waals surface area contributed by atoms with Crippen LogP contribution in [0.1, 0.15) is 38.3 Å². The van der Waals surface area contributed by atoms with Crippen molar-refractivity contribution in [1.82, 2.24) is 29.4 Å². The lowest BCUT2D eigenvalue weighted by atomic mass is 10.0. The molecule has 1 aliphatic rings. The van der Waals surface area contributed by atoms with Gasteiger partial charge in [-0.3, -0.25) is 4.90 Å². The molecule has 0 unspecified atom stereocenters. The molecule has 2 N–H and O–H groups in total. The second-order valence-corrected chi connectivity index (χ2v) is 8.83. The molecule has 1 saturated heterocycles. The van der Waals surface area contributed by atoms with Crippen LogP contribution in [-0.4, -0.2) is 48.5 Å². The molecule has 8 nitrogen and oxygen atoms in total. The number of benzene rings is 1. The maximum Gasteiger partial charge on any atom is 0.232 e. The van der Waals surface area contributed by atoms with Gasteiger partial charge < -0.3 is 15.2 Å². The molecule has 33 heavy (non-hydrogen) atoms. The summed E-state index contributed by atoms with van der Waals surface area (Å²) in [7, 11) is 0. The molecule has 3 aromatic heterocycles. The van der Waals surface area contributed by atoms with Crippen LogP contribution in [0, 0.1) is 0 Å². The molecule has 4 heterocycles. The fourth-order valence-electron chi connectivity index (χ4n) is 4.27. The minimum Gasteiger partial charge on any atom is -0.365 e. The molecular weight excluding hydrogens is 412 g/mol. The molecule has 8 heteroatoms. The van der Waals surface area contributed by atoms with Gasteiger partial charge in [0, 0.05) is 37.9 Å². The van der Waals surface area contributed by atoms with E-state index < -0.39 is 0 Å². The van der Waals surface area contributed by atoms with Crippen molar-refractivity contribution in [2.75, 3.05) is 23.7 Å². The van der Waals surface area contributed by atoms with Crippen LogP contribution in [0.25, 0.3) is 11.2 Å². The first-order chi connectivity index (χ1) is 16.2. The summed E-state index contributed by atoms with van der Waals surface area (Å²) in [5, 5.41) is 6.91. The predicted molar refractivity (Wildman–Crippen MR) is 132 cm³/mol. The van der Waals surface area contributed by atoms with Crippen LogP contribution in [-0.2, 0) is 6.54 Å². The molecule has 0 bridgehead atoms. The first-order valence-electron chi connectivity index (χ1n) is 11.6. The molecular formula is C25H30N8. The third kappa shape index (κ3) is 4.96. The summed E-state index contributed by atoms with van der Waals surface area (Å²) in [6.45, 7) is 7.37. The first kappa shape index (κ1) is 21.3. The van der Waals surface area contributed by atoms with E-state index in [0.717, 1.165) is 49.5 Å². The van der Waals surface area contributed by atoms with Gasteiger partial charge in [-0.05, 0) is 44.4 Å². The fraction of sp³-hybridized carbons (Fsp3) is 0.360. The quantitative estimate of drug-likeness (QED) is 0.432. The number of aromatic nitrogens is 5. The Bertz CT molecular complexity index is 1180. The van der Waals surface area contributed by atoms with E-state index in [9.17, 15) is 0 Å². The van der Waals surface area contributed by atoms with Crippen molar-refractivity contribution in [3.8, 4) is 0 Å². The van der Waals surface area contributed by atoms with Gasteiger partial charge in [-0.1, -0.05) is 36.4 Å². The Hall–Kier alpha value is -3.52. The second-order valence-electron chi connectivity index (χ2n) is 8.83. The van der Waals surface area contributed by atoms with Crippen molar-refractivity contribution in [3.05, 3.63) is 66.6 Å². The molecule has 4 aromatic rings. The molecule has 0 radical (unpaired) electrons. The third-order valence-corrected chi connectivity index (χ3v) is 6.06. The molecule has 0 aliphatic carbocycles. The number of nitrogens with one attached hydrogen (secondary N) is 2. The van der Waals surface area contributed by atoms with Gasteiger partial charge in [0.25, 0.3) is 0 Å². The Morgan fingerprint density at radius 1 is 0.970 bits per heavy atom. The van der Waals surface area contributed by atoms with Crippen LogP contribution in [0.15, 0.2) is 61.1 Å². The number of anilines is 3. The number of hydrogen-bond donors (Lipinski definition) is 2. The van der Waals surface area contributed by atoms with E-state index in [1.54, 1.807) is 6.20 Å². The predicted octanol–water partition coefficient (Wildman–Crippen LogP) is 4.62. The largest absolute Gasteiger partial charge is 0.365 e. The molecule has 5 rings (SSSR count). The van der Waals surface area contributed by atoms with Gasteiger partial charge in [0.2, 0.25) is 5.95 Å².